The summed E-state index contributed by atoms with van der Waals surface area (Å²) in [4.78, 5) is 17.2. The highest BCUT2D eigenvalue weighted by Gasteiger charge is 2.30. The average molecular weight is 343 g/mol. The first kappa shape index (κ1) is 17.0. The van der Waals surface area contributed by atoms with E-state index in [1.54, 1.807) is 0 Å². The summed E-state index contributed by atoms with van der Waals surface area (Å²) < 4.78 is 5.27. The summed E-state index contributed by atoms with van der Waals surface area (Å²) in [6.45, 7) is 9.75. The minimum Gasteiger partial charge on any atom is -0.378 e. The van der Waals surface area contributed by atoms with Crippen molar-refractivity contribution in [1.82, 2.24) is 15.1 Å². The Morgan fingerprint density at radius 1 is 1.12 bits per heavy atom. The summed E-state index contributed by atoms with van der Waals surface area (Å²) >= 11 is 0. The van der Waals surface area contributed by atoms with Crippen LogP contribution >= 0.6 is 0 Å². The standard InChI is InChI=1S/C20H29N3O2/c1-15-12-21-7-6-19(15)16-2-4-17(5-3-16)20(24)23-10-8-22(9-11-23)18-13-25-14-18/h2-5,15,18-19,21H,6-14H2,1H3. The predicted molar refractivity (Wildman–Crippen MR) is 97.9 cm³/mol. The summed E-state index contributed by atoms with van der Waals surface area (Å²) in [5, 5.41) is 3.45. The van der Waals surface area contributed by atoms with Crippen molar-refractivity contribution >= 4 is 5.91 Å². The van der Waals surface area contributed by atoms with Crippen molar-refractivity contribution in [3.63, 3.8) is 0 Å². The SMILES string of the molecule is CC1CNCCC1c1ccc(C(=O)N2CCN(C3COC3)CC2)cc1. The number of rotatable bonds is 3. The first-order valence-corrected chi connectivity index (χ1v) is 9.64. The molecule has 0 radical (unpaired) electrons. The third kappa shape index (κ3) is 3.59. The Labute approximate surface area is 150 Å². The van der Waals surface area contributed by atoms with Gasteiger partial charge in [-0.1, -0.05) is 19.1 Å². The molecule has 3 fully saturated rings. The van der Waals surface area contributed by atoms with Gasteiger partial charge in [0, 0.05) is 31.7 Å². The molecule has 136 valence electrons. The lowest BCUT2D eigenvalue weighted by molar-refractivity contribution is -0.0746. The second-order valence-corrected chi connectivity index (χ2v) is 7.72. The number of amides is 1. The lowest BCUT2D eigenvalue weighted by Gasteiger charge is -2.42. The highest BCUT2D eigenvalue weighted by Crippen LogP contribution is 2.30. The molecule has 1 N–H and O–H groups in total. The monoisotopic (exact) mass is 343 g/mol. The number of carbonyl (C=O) groups is 1. The van der Waals surface area contributed by atoms with Gasteiger partial charge in [0.2, 0.25) is 0 Å². The molecule has 3 aliphatic heterocycles. The number of piperidine rings is 1. The zero-order chi connectivity index (χ0) is 17.2. The summed E-state index contributed by atoms with van der Waals surface area (Å²) in [5.74, 6) is 1.44. The van der Waals surface area contributed by atoms with Gasteiger partial charge in [-0.15, -0.1) is 0 Å². The van der Waals surface area contributed by atoms with Crippen LogP contribution in [-0.2, 0) is 4.74 Å². The van der Waals surface area contributed by atoms with Gasteiger partial charge in [0.15, 0.2) is 0 Å². The van der Waals surface area contributed by atoms with E-state index in [1.807, 2.05) is 17.0 Å². The van der Waals surface area contributed by atoms with Crippen LogP contribution in [0.3, 0.4) is 0 Å². The summed E-state index contributed by atoms with van der Waals surface area (Å²) in [5.41, 5.74) is 2.20. The van der Waals surface area contributed by atoms with Gasteiger partial charge in [-0.2, -0.15) is 0 Å². The van der Waals surface area contributed by atoms with Gasteiger partial charge in [0.25, 0.3) is 5.91 Å². The second-order valence-electron chi connectivity index (χ2n) is 7.72. The molecular weight excluding hydrogens is 314 g/mol. The lowest BCUT2D eigenvalue weighted by atomic mass is 9.82. The van der Waals surface area contributed by atoms with Crippen LogP contribution in [0.25, 0.3) is 0 Å². The van der Waals surface area contributed by atoms with Gasteiger partial charge in [0.05, 0.1) is 19.3 Å². The van der Waals surface area contributed by atoms with Gasteiger partial charge in [0.1, 0.15) is 0 Å². The van der Waals surface area contributed by atoms with E-state index in [0.29, 0.717) is 17.9 Å². The van der Waals surface area contributed by atoms with Gasteiger partial charge >= 0.3 is 0 Å². The van der Waals surface area contributed by atoms with E-state index in [-0.39, 0.29) is 5.91 Å². The number of hydrogen-bond donors (Lipinski definition) is 1. The second kappa shape index (κ2) is 7.44. The molecule has 5 nitrogen and oxygen atoms in total. The number of piperazine rings is 1. The van der Waals surface area contributed by atoms with Crippen LogP contribution in [0.2, 0.25) is 0 Å². The van der Waals surface area contributed by atoms with E-state index in [4.69, 9.17) is 4.74 Å². The molecule has 0 aromatic heterocycles. The first-order valence-electron chi connectivity index (χ1n) is 9.64. The summed E-state index contributed by atoms with van der Waals surface area (Å²) in [6.07, 6.45) is 1.18. The Morgan fingerprint density at radius 2 is 1.84 bits per heavy atom. The number of ether oxygens (including phenoxy) is 1. The van der Waals surface area contributed by atoms with Crippen molar-refractivity contribution < 1.29 is 9.53 Å². The van der Waals surface area contributed by atoms with Crippen molar-refractivity contribution in [2.45, 2.75) is 25.3 Å². The van der Waals surface area contributed by atoms with Crippen LogP contribution in [0.1, 0.15) is 35.2 Å². The van der Waals surface area contributed by atoms with Crippen molar-refractivity contribution in [2.75, 3.05) is 52.5 Å². The van der Waals surface area contributed by atoms with Crippen molar-refractivity contribution in [2.24, 2.45) is 5.92 Å². The predicted octanol–water partition coefficient (Wildman–Crippen LogP) is 1.56. The fourth-order valence-corrected chi connectivity index (χ4v) is 4.29. The Hall–Kier alpha value is -1.43. The molecule has 1 amide bonds. The Morgan fingerprint density at radius 3 is 2.44 bits per heavy atom. The van der Waals surface area contributed by atoms with Crippen LogP contribution in [-0.4, -0.2) is 74.2 Å². The van der Waals surface area contributed by atoms with E-state index in [0.717, 1.165) is 58.0 Å². The zero-order valence-electron chi connectivity index (χ0n) is 15.1. The highest BCUT2D eigenvalue weighted by molar-refractivity contribution is 5.94. The third-order valence-corrected chi connectivity index (χ3v) is 6.11. The molecule has 0 aliphatic carbocycles. The Kier molecular flexibility index (Phi) is 5.06. The number of hydrogen-bond acceptors (Lipinski definition) is 4. The van der Waals surface area contributed by atoms with E-state index in [1.165, 1.54) is 12.0 Å². The number of nitrogens with zero attached hydrogens (tertiary/aromatic N) is 2. The Bertz CT molecular complexity index is 591. The number of carbonyl (C=O) groups excluding carboxylic acids is 1. The van der Waals surface area contributed by atoms with Crippen LogP contribution in [0, 0.1) is 5.92 Å². The summed E-state index contributed by atoms with van der Waals surface area (Å²) in [7, 11) is 0. The van der Waals surface area contributed by atoms with Gasteiger partial charge < -0.3 is 15.0 Å². The molecule has 1 aromatic carbocycles. The smallest absolute Gasteiger partial charge is 0.253 e. The molecule has 3 heterocycles. The van der Waals surface area contributed by atoms with Crippen molar-refractivity contribution in [1.29, 1.82) is 0 Å². The fraction of sp³-hybridized carbons (Fsp3) is 0.650. The molecule has 2 unspecified atom stereocenters. The van der Waals surface area contributed by atoms with E-state index in [9.17, 15) is 4.79 Å². The number of nitrogens with one attached hydrogen (secondary N) is 1. The normalized spacial score (nSPS) is 28.6. The van der Waals surface area contributed by atoms with Crippen molar-refractivity contribution in [3.8, 4) is 0 Å². The highest BCUT2D eigenvalue weighted by atomic mass is 16.5. The third-order valence-electron chi connectivity index (χ3n) is 6.11. The zero-order valence-corrected chi connectivity index (χ0v) is 15.1. The minimum atomic E-state index is 0.175. The molecule has 2 atom stereocenters. The topological polar surface area (TPSA) is 44.8 Å². The van der Waals surface area contributed by atoms with E-state index >= 15 is 0 Å². The van der Waals surface area contributed by atoms with Crippen LogP contribution in [0.5, 0.6) is 0 Å². The molecule has 0 spiro atoms. The molecule has 3 aliphatic rings. The molecule has 1 aromatic rings. The van der Waals surface area contributed by atoms with Gasteiger partial charge in [-0.05, 0) is 49.0 Å². The molecule has 5 heteroatoms. The fourth-order valence-electron chi connectivity index (χ4n) is 4.29. The van der Waals surface area contributed by atoms with Crippen LogP contribution < -0.4 is 5.32 Å². The maximum Gasteiger partial charge on any atom is 0.253 e. The average Bonchev–Trinajstić information content (AvgIpc) is 2.61. The van der Waals surface area contributed by atoms with Crippen LogP contribution in [0.4, 0.5) is 0 Å². The molecule has 25 heavy (non-hydrogen) atoms. The van der Waals surface area contributed by atoms with E-state index < -0.39 is 0 Å². The minimum absolute atomic E-state index is 0.175. The quantitative estimate of drug-likeness (QED) is 0.905. The molecular formula is C20H29N3O2. The molecule has 0 saturated carbocycles. The number of benzene rings is 1. The lowest BCUT2D eigenvalue weighted by Crippen LogP contribution is -2.57. The van der Waals surface area contributed by atoms with Gasteiger partial charge in [-0.3, -0.25) is 9.69 Å². The first-order chi connectivity index (χ1) is 12.2. The van der Waals surface area contributed by atoms with E-state index in [2.05, 4.69) is 29.3 Å². The maximum absolute atomic E-state index is 12.8. The largest absolute Gasteiger partial charge is 0.378 e. The Balaban J connectivity index is 1.36. The van der Waals surface area contributed by atoms with Crippen molar-refractivity contribution in [3.05, 3.63) is 35.4 Å². The molecule has 4 rings (SSSR count). The van der Waals surface area contributed by atoms with Gasteiger partial charge in [-0.25, -0.2) is 0 Å². The maximum atomic E-state index is 12.8. The van der Waals surface area contributed by atoms with Crippen LogP contribution in [0.15, 0.2) is 24.3 Å². The molecule has 0 bridgehead atoms. The summed E-state index contributed by atoms with van der Waals surface area (Å²) in [6, 6.07) is 8.96. The molecule has 3 saturated heterocycles.